The molecule has 1 aliphatic heterocycles. The van der Waals surface area contributed by atoms with Crippen molar-refractivity contribution in [1.29, 1.82) is 0 Å². The van der Waals surface area contributed by atoms with Gasteiger partial charge >= 0.3 is 5.63 Å². The molecule has 0 unspecified atom stereocenters. The lowest BCUT2D eigenvalue weighted by molar-refractivity contribution is 0.221. The van der Waals surface area contributed by atoms with Gasteiger partial charge in [0.05, 0.1) is 0 Å². The molecule has 0 radical (unpaired) electrons. The van der Waals surface area contributed by atoms with E-state index in [1.807, 2.05) is 18.2 Å². The van der Waals surface area contributed by atoms with Crippen molar-refractivity contribution in [3.8, 4) is 0 Å². The molecule has 0 saturated carbocycles. The summed E-state index contributed by atoms with van der Waals surface area (Å²) >= 11 is 0. The highest BCUT2D eigenvalue weighted by Gasteiger charge is 2.10. The highest BCUT2D eigenvalue weighted by Crippen LogP contribution is 2.17. The van der Waals surface area contributed by atoms with Crippen molar-refractivity contribution < 1.29 is 4.42 Å². The van der Waals surface area contributed by atoms with Gasteiger partial charge in [-0.3, -0.25) is 4.90 Å². The average molecular weight is 243 g/mol. The fourth-order valence-corrected chi connectivity index (χ4v) is 2.58. The van der Waals surface area contributed by atoms with Crippen molar-refractivity contribution in [1.82, 2.24) is 4.90 Å². The maximum Gasteiger partial charge on any atom is 0.336 e. The second-order valence-electron chi connectivity index (χ2n) is 4.96. The molecule has 0 aliphatic carbocycles. The monoisotopic (exact) mass is 243 g/mol. The van der Waals surface area contributed by atoms with E-state index in [2.05, 4.69) is 11.0 Å². The molecule has 0 atom stereocenters. The third-order valence-electron chi connectivity index (χ3n) is 3.54. The van der Waals surface area contributed by atoms with Gasteiger partial charge < -0.3 is 4.42 Å². The summed E-state index contributed by atoms with van der Waals surface area (Å²) in [7, 11) is 0. The second-order valence-corrected chi connectivity index (χ2v) is 4.96. The van der Waals surface area contributed by atoms with Gasteiger partial charge in [0.1, 0.15) is 5.58 Å². The predicted octanol–water partition coefficient (Wildman–Crippen LogP) is 2.78. The van der Waals surface area contributed by atoms with Crippen LogP contribution in [0.3, 0.4) is 0 Å². The number of rotatable bonds is 2. The number of hydrogen-bond acceptors (Lipinski definition) is 3. The Hall–Kier alpha value is -1.61. The van der Waals surface area contributed by atoms with E-state index in [1.54, 1.807) is 0 Å². The van der Waals surface area contributed by atoms with Crippen LogP contribution in [0, 0.1) is 0 Å². The van der Waals surface area contributed by atoms with Gasteiger partial charge in [0.15, 0.2) is 0 Å². The first-order chi connectivity index (χ1) is 8.81. The lowest BCUT2D eigenvalue weighted by Crippen LogP contribution is -2.29. The molecule has 18 heavy (non-hydrogen) atoms. The summed E-state index contributed by atoms with van der Waals surface area (Å²) in [5.74, 6) is 0. The standard InChI is InChI=1S/C15H17NO2/c17-15-7-6-13-5-4-12(10-14(13)18-15)11-16-8-2-1-3-9-16/h4-7,10H,1-3,8-9,11H2. The number of hydrogen-bond donors (Lipinski definition) is 0. The minimum absolute atomic E-state index is 0.280. The normalized spacial score (nSPS) is 17.1. The molecule has 3 rings (SSSR count). The van der Waals surface area contributed by atoms with Gasteiger partial charge in [-0.05, 0) is 43.6 Å². The molecule has 3 heteroatoms. The Morgan fingerprint density at radius 1 is 1.06 bits per heavy atom. The van der Waals surface area contributed by atoms with Crippen LogP contribution in [-0.2, 0) is 6.54 Å². The van der Waals surface area contributed by atoms with Crippen molar-refractivity contribution in [3.63, 3.8) is 0 Å². The Bertz CT molecular complexity index is 597. The Morgan fingerprint density at radius 3 is 2.67 bits per heavy atom. The largest absolute Gasteiger partial charge is 0.423 e. The van der Waals surface area contributed by atoms with Crippen LogP contribution in [0.5, 0.6) is 0 Å². The van der Waals surface area contributed by atoms with E-state index in [-0.39, 0.29) is 5.63 Å². The SMILES string of the molecule is O=c1ccc2ccc(CN3CCCCC3)cc2o1. The highest BCUT2D eigenvalue weighted by molar-refractivity contribution is 5.76. The van der Waals surface area contributed by atoms with Crippen LogP contribution in [0.25, 0.3) is 11.0 Å². The number of nitrogens with zero attached hydrogens (tertiary/aromatic N) is 1. The van der Waals surface area contributed by atoms with Gasteiger partial charge in [-0.25, -0.2) is 4.79 Å². The van der Waals surface area contributed by atoms with Crippen LogP contribution in [0.15, 0.2) is 39.5 Å². The quantitative estimate of drug-likeness (QED) is 0.760. The summed E-state index contributed by atoms with van der Waals surface area (Å²) in [4.78, 5) is 13.7. The third kappa shape index (κ3) is 2.46. The van der Waals surface area contributed by atoms with E-state index in [1.165, 1.54) is 44.0 Å². The van der Waals surface area contributed by atoms with Gasteiger partial charge in [0.2, 0.25) is 0 Å². The van der Waals surface area contributed by atoms with Crippen LogP contribution in [0.2, 0.25) is 0 Å². The summed E-state index contributed by atoms with van der Waals surface area (Å²) < 4.78 is 5.22. The van der Waals surface area contributed by atoms with E-state index in [0.29, 0.717) is 5.58 Å². The molecule has 1 saturated heterocycles. The smallest absolute Gasteiger partial charge is 0.336 e. The first kappa shape index (κ1) is 11.5. The summed E-state index contributed by atoms with van der Waals surface area (Å²) in [6, 6.07) is 9.41. The van der Waals surface area contributed by atoms with Crippen LogP contribution < -0.4 is 5.63 Å². The minimum Gasteiger partial charge on any atom is -0.423 e. The highest BCUT2D eigenvalue weighted by atomic mass is 16.4. The van der Waals surface area contributed by atoms with Crippen LogP contribution >= 0.6 is 0 Å². The summed E-state index contributed by atoms with van der Waals surface area (Å²) in [6.07, 6.45) is 3.94. The van der Waals surface area contributed by atoms with E-state index in [9.17, 15) is 4.79 Å². The Balaban J connectivity index is 1.85. The molecule has 1 aliphatic rings. The van der Waals surface area contributed by atoms with Crippen LogP contribution in [0.4, 0.5) is 0 Å². The van der Waals surface area contributed by atoms with Crippen molar-refractivity contribution in [2.24, 2.45) is 0 Å². The summed E-state index contributed by atoms with van der Waals surface area (Å²) in [6.45, 7) is 3.31. The number of piperidine rings is 1. The predicted molar refractivity (Wildman–Crippen MR) is 71.6 cm³/mol. The first-order valence-electron chi connectivity index (χ1n) is 6.56. The Kier molecular flexibility index (Phi) is 3.15. The molecule has 1 fully saturated rings. The number of likely N-dealkylation sites (tertiary alicyclic amines) is 1. The van der Waals surface area contributed by atoms with Crippen molar-refractivity contribution in [2.45, 2.75) is 25.8 Å². The molecule has 0 spiro atoms. The lowest BCUT2D eigenvalue weighted by atomic mass is 10.1. The fraction of sp³-hybridized carbons (Fsp3) is 0.400. The molecule has 2 heterocycles. The average Bonchev–Trinajstić information content (AvgIpc) is 2.39. The first-order valence-corrected chi connectivity index (χ1v) is 6.56. The number of fused-ring (bicyclic) bond motifs is 1. The van der Waals surface area contributed by atoms with Crippen LogP contribution in [-0.4, -0.2) is 18.0 Å². The molecule has 0 amide bonds. The van der Waals surface area contributed by atoms with E-state index < -0.39 is 0 Å². The molecular formula is C15H17NO2. The zero-order valence-corrected chi connectivity index (χ0v) is 10.4. The fourth-order valence-electron chi connectivity index (χ4n) is 2.58. The topological polar surface area (TPSA) is 33.5 Å². The second kappa shape index (κ2) is 4.94. The zero-order chi connectivity index (χ0) is 12.4. The Morgan fingerprint density at radius 2 is 1.83 bits per heavy atom. The molecular weight excluding hydrogens is 226 g/mol. The summed E-state index contributed by atoms with van der Waals surface area (Å²) in [5, 5.41) is 0.983. The zero-order valence-electron chi connectivity index (χ0n) is 10.4. The molecule has 1 aromatic carbocycles. The molecule has 94 valence electrons. The third-order valence-corrected chi connectivity index (χ3v) is 3.54. The van der Waals surface area contributed by atoms with Crippen LogP contribution in [0.1, 0.15) is 24.8 Å². The Labute approximate surface area is 106 Å². The minimum atomic E-state index is -0.280. The van der Waals surface area contributed by atoms with Gasteiger partial charge in [-0.15, -0.1) is 0 Å². The maximum absolute atomic E-state index is 11.2. The van der Waals surface area contributed by atoms with Gasteiger partial charge in [-0.1, -0.05) is 18.6 Å². The molecule has 3 nitrogen and oxygen atoms in total. The van der Waals surface area contributed by atoms with E-state index in [4.69, 9.17) is 4.42 Å². The van der Waals surface area contributed by atoms with Crippen molar-refractivity contribution >= 4 is 11.0 Å². The molecule has 2 aromatic rings. The van der Waals surface area contributed by atoms with Crippen molar-refractivity contribution in [2.75, 3.05) is 13.1 Å². The number of benzene rings is 1. The van der Waals surface area contributed by atoms with E-state index in [0.717, 1.165) is 11.9 Å². The molecule has 1 aromatic heterocycles. The van der Waals surface area contributed by atoms with E-state index >= 15 is 0 Å². The van der Waals surface area contributed by atoms with Gasteiger partial charge in [0, 0.05) is 18.0 Å². The molecule has 0 bridgehead atoms. The van der Waals surface area contributed by atoms with Crippen molar-refractivity contribution in [3.05, 3.63) is 46.3 Å². The maximum atomic E-state index is 11.2. The lowest BCUT2D eigenvalue weighted by Gasteiger charge is -2.26. The molecule has 0 N–H and O–H groups in total. The van der Waals surface area contributed by atoms with Gasteiger partial charge in [0.25, 0.3) is 0 Å². The summed E-state index contributed by atoms with van der Waals surface area (Å²) in [5.41, 5.74) is 1.63. The van der Waals surface area contributed by atoms with Gasteiger partial charge in [-0.2, -0.15) is 0 Å².